The van der Waals surface area contributed by atoms with Crippen molar-refractivity contribution < 1.29 is 4.21 Å². The van der Waals surface area contributed by atoms with Gasteiger partial charge in [-0.15, -0.1) is 0 Å². The lowest BCUT2D eigenvalue weighted by Gasteiger charge is -1.90. The molecule has 52 valence electrons. The summed E-state index contributed by atoms with van der Waals surface area (Å²) in [6, 6.07) is 7.52. The molecule has 0 aliphatic heterocycles. The van der Waals surface area contributed by atoms with Crippen molar-refractivity contribution in [2.24, 2.45) is 4.36 Å². The Labute approximate surface area is 63.1 Å². The van der Waals surface area contributed by atoms with Gasteiger partial charge in [0.1, 0.15) is 0 Å². The standard InChI is InChI=1S/C7H7NOS/c1-6-3-2-4-7(5-6)8-10-9/h2-5H,1H3. The molecule has 1 rings (SSSR count). The Balaban J connectivity index is 3.06. The second-order valence-electron chi connectivity index (χ2n) is 2.00. The van der Waals surface area contributed by atoms with Gasteiger partial charge in [0.25, 0.3) is 0 Å². The van der Waals surface area contributed by atoms with E-state index < -0.39 is 0 Å². The van der Waals surface area contributed by atoms with Crippen molar-refractivity contribution in [1.29, 1.82) is 0 Å². The first kappa shape index (κ1) is 7.15. The Morgan fingerprint density at radius 2 is 2.30 bits per heavy atom. The average Bonchev–Trinajstić information content (AvgIpc) is 1.88. The predicted octanol–water partition coefficient (Wildman–Crippen LogP) is 2.02. The predicted molar refractivity (Wildman–Crippen MR) is 41.4 cm³/mol. The van der Waals surface area contributed by atoms with Gasteiger partial charge in [0.2, 0.25) is 11.5 Å². The first-order valence-electron chi connectivity index (χ1n) is 2.89. The SMILES string of the molecule is Cc1cccc(N=S=O)c1. The summed E-state index contributed by atoms with van der Waals surface area (Å²) in [7, 11) is 0. The van der Waals surface area contributed by atoms with E-state index in [1.807, 2.05) is 25.1 Å². The molecule has 1 aromatic rings. The highest BCUT2D eigenvalue weighted by Gasteiger charge is 1.86. The Morgan fingerprint density at radius 3 is 2.90 bits per heavy atom. The van der Waals surface area contributed by atoms with Gasteiger partial charge in [0.05, 0.1) is 5.69 Å². The lowest BCUT2D eigenvalue weighted by Crippen LogP contribution is -1.67. The maximum atomic E-state index is 9.96. The Kier molecular flexibility index (Phi) is 2.34. The molecule has 0 saturated carbocycles. The summed E-state index contributed by atoms with van der Waals surface area (Å²) in [4.78, 5) is 0. The van der Waals surface area contributed by atoms with Gasteiger partial charge in [-0.25, -0.2) is 0 Å². The lowest BCUT2D eigenvalue weighted by atomic mass is 10.2. The van der Waals surface area contributed by atoms with E-state index in [0.717, 1.165) is 11.3 Å². The zero-order valence-electron chi connectivity index (χ0n) is 5.57. The van der Waals surface area contributed by atoms with Crippen LogP contribution in [0, 0.1) is 6.92 Å². The van der Waals surface area contributed by atoms with Gasteiger partial charge in [-0.3, -0.25) is 0 Å². The molecule has 3 heteroatoms. The molecule has 0 atom stereocenters. The molecule has 0 saturated heterocycles. The number of aryl methyl sites for hydroxylation is 1. The van der Waals surface area contributed by atoms with Crippen LogP contribution in [0.25, 0.3) is 0 Å². The first-order valence-corrected chi connectivity index (χ1v) is 3.59. The van der Waals surface area contributed by atoms with Crippen LogP contribution < -0.4 is 0 Å². The summed E-state index contributed by atoms with van der Waals surface area (Å²) >= 11 is 0.238. The molecule has 0 radical (unpaired) electrons. The molecule has 0 bridgehead atoms. The minimum atomic E-state index is 0.238. The van der Waals surface area contributed by atoms with Gasteiger partial charge in [-0.05, 0) is 24.6 Å². The van der Waals surface area contributed by atoms with Crippen LogP contribution in [-0.4, -0.2) is 4.21 Å². The van der Waals surface area contributed by atoms with Gasteiger partial charge in [-0.2, -0.15) is 8.57 Å². The molecule has 0 aliphatic carbocycles. The number of hydrogen-bond acceptors (Lipinski definition) is 2. The normalized spacial score (nSPS) is 8.90. The van der Waals surface area contributed by atoms with Gasteiger partial charge in [0.15, 0.2) is 0 Å². The summed E-state index contributed by atoms with van der Waals surface area (Å²) < 4.78 is 13.6. The second kappa shape index (κ2) is 3.27. The highest BCUT2D eigenvalue weighted by molar-refractivity contribution is 7.54. The minimum Gasteiger partial charge on any atom is -0.191 e. The average molecular weight is 153 g/mol. The third-order valence-electron chi connectivity index (χ3n) is 1.14. The quantitative estimate of drug-likeness (QED) is 0.607. The molecule has 0 unspecified atom stereocenters. The first-order chi connectivity index (χ1) is 4.83. The number of nitrogens with zero attached hydrogens (tertiary/aromatic N) is 1. The maximum Gasteiger partial charge on any atom is 0.205 e. The van der Waals surface area contributed by atoms with Crippen LogP contribution >= 0.6 is 0 Å². The highest BCUT2D eigenvalue weighted by atomic mass is 32.1. The summed E-state index contributed by atoms with van der Waals surface area (Å²) in [5.41, 5.74) is 1.86. The van der Waals surface area contributed by atoms with Crippen LogP contribution in [0.2, 0.25) is 0 Å². The zero-order chi connectivity index (χ0) is 7.40. The fourth-order valence-electron chi connectivity index (χ4n) is 0.728. The van der Waals surface area contributed by atoms with E-state index in [9.17, 15) is 4.21 Å². The molecule has 2 nitrogen and oxygen atoms in total. The van der Waals surface area contributed by atoms with Gasteiger partial charge < -0.3 is 0 Å². The molecule has 1 aromatic carbocycles. The van der Waals surface area contributed by atoms with Crippen LogP contribution in [-0.2, 0) is 11.5 Å². The van der Waals surface area contributed by atoms with E-state index in [-0.39, 0.29) is 11.5 Å². The Morgan fingerprint density at radius 1 is 1.50 bits per heavy atom. The van der Waals surface area contributed by atoms with Gasteiger partial charge in [0, 0.05) is 0 Å². The lowest BCUT2D eigenvalue weighted by molar-refractivity contribution is 0.698. The van der Waals surface area contributed by atoms with Crippen LogP contribution in [0.15, 0.2) is 28.6 Å². The molecular weight excluding hydrogens is 146 g/mol. The van der Waals surface area contributed by atoms with Crippen molar-refractivity contribution in [2.45, 2.75) is 6.92 Å². The van der Waals surface area contributed by atoms with Crippen molar-refractivity contribution in [3.05, 3.63) is 29.8 Å². The topological polar surface area (TPSA) is 29.4 Å². The zero-order valence-corrected chi connectivity index (χ0v) is 6.39. The third-order valence-corrected chi connectivity index (χ3v) is 1.43. The molecule has 0 aliphatic rings. The Bertz CT molecular complexity index is 279. The number of benzene rings is 1. The highest BCUT2D eigenvalue weighted by Crippen LogP contribution is 2.11. The van der Waals surface area contributed by atoms with Crippen LogP contribution in [0.3, 0.4) is 0 Å². The van der Waals surface area contributed by atoms with E-state index in [4.69, 9.17) is 0 Å². The van der Waals surface area contributed by atoms with E-state index >= 15 is 0 Å². The fraction of sp³-hybridized carbons (Fsp3) is 0.143. The maximum absolute atomic E-state index is 9.96. The number of hydrogen-bond donors (Lipinski definition) is 0. The monoisotopic (exact) mass is 153 g/mol. The van der Waals surface area contributed by atoms with Gasteiger partial charge >= 0.3 is 0 Å². The third kappa shape index (κ3) is 1.77. The molecule has 0 aromatic heterocycles. The molecule has 0 amide bonds. The summed E-state index contributed by atoms with van der Waals surface area (Å²) in [5.74, 6) is 0. The van der Waals surface area contributed by atoms with Crippen LogP contribution in [0.1, 0.15) is 5.56 Å². The second-order valence-corrected chi connectivity index (χ2v) is 2.34. The summed E-state index contributed by atoms with van der Waals surface area (Å²) in [5, 5.41) is 0. The molecule has 0 fully saturated rings. The summed E-state index contributed by atoms with van der Waals surface area (Å²) in [6.07, 6.45) is 0. The van der Waals surface area contributed by atoms with Gasteiger partial charge in [-0.1, -0.05) is 12.1 Å². The largest absolute Gasteiger partial charge is 0.205 e. The molecular formula is C7H7NOS. The summed E-state index contributed by atoms with van der Waals surface area (Å²) in [6.45, 7) is 1.97. The molecule has 0 N–H and O–H groups in total. The van der Waals surface area contributed by atoms with Crippen LogP contribution in [0.4, 0.5) is 5.69 Å². The van der Waals surface area contributed by atoms with E-state index in [1.54, 1.807) is 6.07 Å². The van der Waals surface area contributed by atoms with E-state index in [0.29, 0.717) is 0 Å². The molecule has 0 heterocycles. The van der Waals surface area contributed by atoms with E-state index in [2.05, 4.69) is 4.36 Å². The van der Waals surface area contributed by atoms with E-state index in [1.165, 1.54) is 0 Å². The van der Waals surface area contributed by atoms with Crippen molar-refractivity contribution in [3.8, 4) is 0 Å². The fourth-order valence-corrected chi connectivity index (χ4v) is 0.927. The van der Waals surface area contributed by atoms with Crippen molar-refractivity contribution in [1.82, 2.24) is 0 Å². The van der Waals surface area contributed by atoms with Crippen molar-refractivity contribution in [3.63, 3.8) is 0 Å². The minimum absolute atomic E-state index is 0.238. The van der Waals surface area contributed by atoms with Crippen LogP contribution in [0.5, 0.6) is 0 Å². The van der Waals surface area contributed by atoms with Crippen molar-refractivity contribution >= 4 is 17.2 Å². The Hall–Kier alpha value is -0.960. The van der Waals surface area contributed by atoms with Crippen molar-refractivity contribution in [2.75, 3.05) is 0 Å². The smallest absolute Gasteiger partial charge is 0.191 e. The molecule has 0 spiro atoms. The number of rotatable bonds is 1. The molecule has 10 heavy (non-hydrogen) atoms.